The average molecular weight is 395 g/mol. The van der Waals surface area contributed by atoms with Gasteiger partial charge < -0.3 is 10.4 Å². The number of aliphatic hydroxyl groups is 1. The minimum absolute atomic E-state index is 0.00225. The molecule has 1 amide bonds. The van der Waals surface area contributed by atoms with Crippen LogP contribution in [-0.4, -0.2) is 27.4 Å². The van der Waals surface area contributed by atoms with Gasteiger partial charge in [-0.3, -0.25) is 4.79 Å². The topological polar surface area (TPSA) is 86.0 Å². The van der Waals surface area contributed by atoms with Crippen molar-refractivity contribution >= 4 is 23.4 Å². The standard InChI is InChI=1S/C18H16F3N3O2S/c1-11-3-5-13(6-4-11)27-10-17(2,26)16(25)24-12-7-14(18(19,20)21)15(8-22)23-9-12/h3-7,9,26H,10H2,1-2H3,(H,24,25). The number of carbonyl (C=O) groups is 1. The maximum Gasteiger partial charge on any atom is 0.419 e. The van der Waals surface area contributed by atoms with Gasteiger partial charge in [0.2, 0.25) is 0 Å². The first-order valence-corrected chi connectivity index (χ1v) is 8.72. The Labute approximate surface area is 158 Å². The maximum atomic E-state index is 13.0. The molecule has 27 heavy (non-hydrogen) atoms. The van der Waals surface area contributed by atoms with Gasteiger partial charge in [-0.1, -0.05) is 17.7 Å². The summed E-state index contributed by atoms with van der Waals surface area (Å²) in [5, 5.41) is 21.3. The Morgan fingerprint density at radius 2 is 1.96 bits per heavy atom. The van der Waals surface area contributed by atoms with Crippen molar-refractivity contribution in [2.24, 2.45) is 0 Å². The smallest absolute Gasteiger partial charge is 0.379 e. The number of nitrogens with one attached hydrogen (secondary N) is 1. The molecule has 0 aliphatic heterocycles. The molecule has 5 nitrogen and oxygen atoms in total. The Balaban J connectivity index is 2.11. The highest BCUT2D eigenvalue weighted by molar-refractivity contribution is 7.99. The summed E-state index contributed by atoms with van der Waals surface area (Å²) in [4.78, 5) is 16.5. The molecular weight excluding hydrogens is 379 g/mol. The lowest BCUT2D eigenvalue weighted by Gasteiger charge is -2.22. The number of benzene rings is 1. The first kappa shape index (κ1) is 20.7. The molecule has 0 fully saturated rings. The minimum atomic E-state index is -4.79. The number of halogens is 3. The van der Waals surface area contributed by atoms with Crippen molar-refractivity contribution < 1.29 is 23.1 Å². The number of rotatable bonds is 5. The normalized spacial score (nSPS) is 13.5. The molecule has 0 saturated carbocycles. The molecule has 1 atom stereocenters. The second-order valence-electron chi connectivity index (χ2n) is 6.06. The molecule has 2 N–H and O–H groups in total. The summed E-state index contributed by atoms with van der Waals surface area (Å²) < 4.78 is 38.9. The predicted octanol–water partition coefficient (Wildman–Crippen LogP) is 3.76. The van der Waals surface area contributed by atoms with Crippen molar-refractivity contribution in [2.45, 2.75) is 30.5 Å². The van der Waals surface area contributed by atoms with Crippen LogP contribution in [0.2, 0.25) is 0 Å². The van der Waals surface area contributed by atoms with E-state index >= 15 is 0 Å². The van der Waals surface area contributed by atoms with E-state index in [1.165, 1.54) is 24.8 Å². The summed E-state index contributed by atoms with van der Waals surface area (Å²) in [5.41, 5.74) is -3.06. The van der Waals surface area contributed by atoms with Gasteiger partial charge in [0.05, 0.1) is 17.4 Å². The SMILES string of the molecule is Cc1ccc(SCC(C)(O)C(=O)Nc2cnc(C#N)c(C(F)(F)F)c2)cc1. The number of thioether (sulfide) groups is 1. The van der Waals surface area contributed by atoms with Crippen molar-refractivity contribution in [3.05, 3.63) is 53.3 Å². The van der Waals surface area contributed by atoms with E-state index in [0.29, 0.717) is 6.07 Å². The predicted molar refractivity (Wildman–Crippen MR) is 95.1 cm³/mol. The van der Waals surface area contributed by atoms with E-state index in [0.717, 1.165) is 16.7 Å². The summed E-state index contributed by atoms with van der Waals surface area (Å²) in [6.07, 6.45) is -3.85. The van der Waals surface area contributed by atoms with Crippen LogP contribution in [-0.2, 0) is 11.0 Å². The molecular formula is C18H16F3N3O2S. The van der Waals surface area contributed by atoms with E-state index in [9.17, 15) is 23.1 Å². The molecule has 0 aliphatic carbocycles. The van der Waals surface area contributed by atoms with Crippen molar-refractivity contribution in [1.29, 1.82) is 5.26 Å². The Morgan fingerprint density at radius 1 is 1.33 bits per heavy atom. The number of nitrogens with zero attached hydrogens (tertiary/aromatic N) is 2. The van der Waals surface area contributed by atoms with E-state index in [1.54, 1.807) is 0 Å². The van der Waals surface area contributed by atoms with Crippen LogP contribution in [0, 0.1) is 18.3 Å². The summed E-state index contributed by atoms with van der Waals surface area (Å²) in [6.45, 7) is 3.20. The van der Waals surface area contributed by atoms with Gasteiger partial charge in [-0.2, -0.15) is 18.4 Å². The van der Waals surface area contributed by atoms with E-state index in [4.69, 9.17) is 5.26 Å². The average Bonchev–Trinajstić information content (AvgIpc) is 2.60. The zero-order valence-corrected chi connectivity index (χ0v) is 15.3. The Morgan fingerprint density at radius 3 is 2.52 bits per heavy atom. The highest BCUT2D eigenvalue weighted by atomic mass is 32.2. The number of hydrogen-bond acceptors (Lipinski definition) is 5. The quantitative estimate of drug-likeness (QED) is 0.753. The zero-order chi connectivity index (χ0) is 20.2. The number of alkyl halides is 3. The van der Waals surface area contributed by atoms with Gasteiger partial charge in [-0.15, -0.1) is 11.8 Å². The minimum Gasteiger partial charge on any atom is -0.379 e. The number of carbonyl (C=O) groups excluding carboxylic acids is 1. The van der Waals surface area contributed by atoms with Crippen molar-refractivity contribution in [3.8, 4) is 6.07 Å². The Hall–Kier alpha value is -2.57. The molecule has 0 saturated heterocycles. The summed E-state index contributed by atoms with van der Waals surface area (Å²) in [6, 6.07) is 9.43. The van der Waals surface area contributed by atoms with Gasteiger partial charge in [0.1, 0.15) is 11.7 Å². The number of aryl methyl sites for hydroxylation is 1. The lowest BCUT2D eigenvalue weighted by molar-refractivity contribution is -0.138. The summed E-state index contributed by atoms with van der Waals surface area (Å²) in [7, 11) is 0. The largest absolute Gasteiger partial charge is 0.419 e. The van der Waals surface area contributed by atoms with Crippen LogP contribution in [0.15, 0.2) is 41.4 Å². The van der Waals surface area contributed by atoms with Crippen LogP contribution in [0.3, 0.4) is 0 Å². The number of hydrogen-bond donors (Lipinski definition) is 2. The number of nitriles is 1. The van der Waals surface area contributed by atoms with Gasteiger partial charge in [0.25, 0.3) is 5.91 Å². The van der Waals surface area contributed by atoms with Gasteiger partial charge in [-0.25, -0.2) is 4.98 Å². The maximum absolute atomic E-state index is 13.0. The van der Waals surface area contributed by atoms with Crippen molar-refractivity contribution in [2.75, 3.05) is 11.1 Å². The first-order valence-electron chi connectivity index (χ1n) is 7.73. The molecule has 2 rings (SSSR count). The van der Waals surface area contributed by atoms with Gasteiger partial charge in [-0.05, 0) is 32.0 Å². The fourth-order valence-corrected chi connectivity index (χ4v) is 2.94. The van der Waals surface area contributed by atoms with Crippen LogP contribution in [0.1, 0.15) is 23.7 Å². The van der Waals surface area contributed by atoms with E-state index < -0.39 is 28.9 Å². The van der Waals surface area contributed by atoms with Gasteiger partial charge >= 0.3 is 6.18 Å². The highest BCUT2D eigenvalue weighted by Crippen LogP contribution is 2.33. The molecule has 1 unspecified atom stereocenters. The lowest BCUT2D eigenvalue weighted by atomic mass is 10.1. The fourth-order valence-electron chi connectivity index (χ4n) is 2.03. The van der Waals surface area contributed by atoms with Crippen LogP contribution < -0.4 is 5.32 Å². The van der Waals surface area contributed by atoms with Gasteiger partial charge in [0, 0.05) is 10.6 Å². The van der Waals surface area contributed by atoms with Crippen LogP contribution >= 0.6 is 11.8 Å². The molecule has 1 aromatic carbocycles. The number of anilines is 1. The number of aromatic nitrogens is 1. The second-order valence-corrected chi connectivity index (χ2v) is 7.11. The molecule has 9 heteroatoms. The summed E-state index contributed by atoms with van der Waals surface area (Å²) >= 11 is 1.24. The molecule has 0 bridgehead atoms. The monoisotopic (exact) mass is 395 g/mol. The van der Waals surface area contributed by atoms with E-state index in [-0.39, 0.29) is 11.4 Å². The van der Waals surface area contributed by atoms with Crippen molar-refractivity contribution in [3.63, 3.8) is 0 Å². The fraction of sp³-hybridized carbons (Fsp3) is 0.278. The van der Waals surface area contributed by atoms with Crippen LogP contribution in [0.25, 0.3) is 0 Å². The number of amides is 1. The molecule has 1 heterocycles. The number of pyridine rings is 1. The second kappa shape index (κ2) is 7.98. The Kier molecular flexibility index (Phi) is 6.13. The highest BCUT2D eigenvalue weighted by Gasteiger charge is 2.36. The molecule has 0 spiro atoms. The Bertz CT molecular complexity index is 875. The molecule has 0 radical (unpaired) electrons. The molecule has 142 valence electrons. The third kappa shape index (κ3) is 5.45. The summed E-state index contributed by atoms with van der Waals surface area (Å²) in [5.74, 6) is -0.876. The third-order valence-corrected chi connectivity index (χ3v) is 4.90. The lowest BCUT2D eigenvalue weighted by Crippen LogP contribution is -2.42. The van der Waals surface area contributed by atoms with Crippen molar-refractivity contribution in [1.82, 2.24) is 4.98 Å². The third-order valence-electron chi connectivity index (χ3n) is 3.59. The van der Waals surface area contributed by atoms with Gasteiger partial charge in [0.15, 0.2) is 5.69 Å². The zero-order valence-electron chi connectivity index (χ0n) is 14.5. The molecule has 1 aromatic heterocycles. The first-order chi connectivity index (χ1) is 12.5. The van der Waals surface area contributed by atoms with Crippen LogP contribution in [0.5, 0.6) is 0 Å². The van der Waals surface area contributed by atoms with E-state index in [2.05, 4.69) is 10.3 Å². The molecule has 0 aliphatic rings. The van der Waals surface area contributed by atoms with Crippen LogP contribution in [0.4, 0.5) is 18.9 Å². The van der Waals surface area contributed by atoms with E-state index in [1.807, 2.05) is 31.2 Å². The molecule has 2 aromatic rings.